The second kappa shape index (κ2) is 9.92. The van der Waals surface area contributed by atoms with Gasteiger partial charge in [0.1, 0.15) is 5.52 Å². The van der Waals surface area contributed by atoms with Crippen molar-refractivity contribution in [2.45, 2.75) is 13.1 Å². The van der Waals surface area contributed by atoms with Gasteiger partial charge in [-0.25, -0.2) is 9.97 Å². The van der Waals surface area contributed by atoms with Gasteiger partial charge in [-0.2, -0.15) is 5.10 Å². The van der Waals surface area contributed by atoms with Gasteiger partial charge >= 0.3 is 0 Å². The van der Waals surface area contributed by atoms with Gasteiger partial charge in [-0.1, -0.05) is 48.5 Å². The largest absolute Gasteiger partial charge is 0.336 e. The van der Waals surface area contributed by atoms with Crippen molar-refractivity contribution in [1.29, 1.82) is 0 Å². The van der Waals surface area contributed by atoms with Crippen molar-refractivity contribution in [1.82, 2.24) is 40.4 Å². The Bertz CT molecular complexity index is 1890. The van der Waals surface area contributed by atoms with Crippen LogP contribution in [0.2, 0.25) is 0 Å². The minimum absolute atomic E-state index is 0.654. The van der Waals surface area contributed by atoms with Crippen molar-refractivity contribution in [3.05, 3.63) is 115 Å². The molecule has 0 atom stereocenters. The molecule has 0 unspecified atom stereocenters. The van der Waals surface area contributed by atoms with Gasteiger partial charge in [0.15, 0.2) is 11.5 Å². The van der Waals surface area contributed by atoms with Crippen LogP contribution in [0.15, 0.2) is 104 Å². The van der Waals surface area contributed by atoms with Crippen LogP contribution in [-0.4, -0.2) is 35.1 Å². The van der Waals surface area contributed by atoms with Gasteiger partial charge in [0.05, 0.1) is 27.9 Å². The second-order valence-electron chi connectivity index (χ2n) is 9.34. The first-order valence-electron chi connectivity index (χ1n) is 12.8. The lowest BCUT2D eigenvalue weighted by atomic mass is 10.1. The summed E-state index contributed by atoms with van der Waals surface area (Å²) in [6.07, 6.45) is 5.52. The van der Waals surface area contributed by atoms with Gasteiger partial charge in [0.25, 0.3) is 0 Å². The number of nitrogens with zero attached hydrogens (tertiary/aromatic N) is 5. The van der Waals surface area contributed by atoms with E-state index in [2.05, 4.69) is 60.8 Å². The second-order valence-corrected chi connectivity index (χ2v) is 9.34. The molecule has 0 aliphatic carbocycles. The molecule has 0 aliphatic heterocycles. The van der Waals surface area contributed by atoms with Gasteiger partial charge in [-0.05, 0) is 47.5 Å². The maximum absolute atomic E-state index is 4.98. The fourth-order valence-electron chi connectivity index (χ4n) is 4.77. The van der Waals surface area contributed by atoms with E-state index in [0.717, 1.165) is 56.7 Å². The highest BCUT2D eigenvalue weighted by Crippen LogP contribution is 2.31. The fourth-order valence-corrected chi connectivity index (χ4v) is 4.77. The van der Waals surface area contributed by atoms with E-state index >= 15 is 0 Å². The van der Waals surface area contributed by atoms with Gasteiger partial charge < -0.3 is 10.3 Å². The van der Waals surface area contributed by atoms with E-state index < -0.39 is 0 Å². The molecule has 0 aliphatic rings. The van der Waals surface area contributed by atoms with E-state index in [1.165, 1.54) is 5.56 Å². The average molecular weight is 509 g/mol. The summed E-state index contributed by atoms with van der Waals surface area (Å²) in [5, 5.41) is 11.2. The zero-order valence-electron chi connectivity index (χ0n) is 21.0. The molecule has 188 valence electrons. The van der Waals surface area contributed by atoms with Crippen LogP contribution in [0.5, 0.6) is 0 Å². The van der Waals surface area contributed by atoms with Crippen LogP contribution in [0.4, 0.5) is 0 Å². The van der Waals surface area contributed by atoms with E-state index in [-0.39, 0.29) is 0 Å². The van der Waals surface area contributed by atoms with Crippen LogP contribution < -0.4 is 5.32 Å². The molecule has 0 bridgehead atoms. The monoisotopic (exact) mass is 508 g/mol. The number of hydrogen-bond donors (Lipinski definition) is 3. The number of nitrogens with one attached hydrogen (secondary N) is 3. The number of imidazole rings is 1. The van der Waals surface area contributed by atoms with Gasteiger partial charge in [-0.3, -0.25) is 15.1 Å². The first-order chi connectivity index (χ1) is 19.3. The molecule has 0 saturated carbocycles. The first kappa shape index (κ1) is 22.9. The Morgan fingerprint density at radius 1 is 0.692 bits per heavy atom. The Morgan fingerprint density at radius 2 is 1.59 bits per heavy atom. The highest BCUT2D eigenvalue weighted by atomic mass is 15.1. The molecular weight excluding hydrogens is 484 g/mol. The van der Waals surface area contributed by atoms with Crippen molar-refractivity contribution >= 4 is 22.1 Å². The highest BCUT2D eigenvalue weighted by Gasteiger charge is 2.17. The van der Waals surface area contributed by atoms with Crippen LogP contribution in [0.1, 0.15) is 11.1 Å². The van der Waals surface area contributed by atoms with Gasteiger partial charge in [0, 0.05) is 42.8 Å². The molecule has 39 heavy (non-hydrogen) atoms. The lowest BCUT2D eigenvalue weighted by molar-refractivity contribution is 0.691. The normalized spacial score (nSPS) is 11.4. The predicted molar refractivity (Wildman–Crippen MR) is 152 cm³/mol. The minimum Gasteiger partial charge on any atom is -0.336 e. The van der Waals surface area contributed by atoms with E-state index in [1.54, 1.807) is 6.20 Å². The van der Waals surface area contributed by atoms with Crippen LogP contribution in [0, 0.1) is 0 Å². The molecule has 0 radical (unpaired) electrons. The number of aromatic amines is 2. The summed E-state index contributed by atoms with van der Waals surface area (Å²) in [6, 6.07) is 28.4. The lowest BCUT2D eigenvalue weighted by Gasteiger charge is -2.07. The first-order valence-corrected chi connectivity index (χ1v) is 12.8. The Labute approximate surface area is 224 Å². The number of H-pyrrole nitrogens is 2. The third-order valence-corrected chi connectivity index (χ3v) is 6.68. The van der Waals surface area contributed by atoms with E-state index in [4.69, 9.17) is 9.97 Å². The predicted octanol–water partition coefficient (Wildman–Crippen LogP) is 5.92. The molecule has 0 saturated heterocycles. The molecule has 0 fully saturated rings. The van der Waals surface area contributed by atoms with Crippen molar-refractivity contribution in [3.8, 4) is 34.0 Å². The summed E-state index contributed by atoms with van der Waals surface area (Å²) in [5.41, 5.74) is 9.98. The van der Waals surface area contributed by atoms with Crippen molar-refractivity contribution in [2.75, 3.05) is 0 Å². The SMILES string of the molecule is c1ccc(CNCc2cncc(-c3ccc4[nH]nc(-c5nc6c(-c7ccccn7)cccc6[nH]5)c4n3)c2)cc1. The number of hydrogen-bond acceptors (Lipinski definition) is 6. The topological polar surface area (TPSA) is 108 Å². The summed E-state index contributed by atoms with van der Waals surface area (Å²) < 4.78 is 0. The zero-order chi connectivity index (χ0) is 26.0. The number of aromatic nitrogens is 7. The van der Waals surface area contributed by atoms with Gasteiger partial charge in [-0.15, -0.1) is 0 Å². The molecule has 7 aromatic rings. The fraction of sp³-hybridized carbons (Fsp3) is 0.0645. The summed E-state index contributed by atoms with van der Waals surface area (Å²) in [7, 11) is 0. The molecule has 3 N–H and O–H groups in total. The Balaban J connectivity index is 1.20. The number of para-hydroxylation sites is 1. The molecule has 5 aromatic heterocycles. The molecule has 0 amide bonds. The smallest absolute Gasteiger partial charge is 0.161 e. The average Bonchev–Trinajstić information content (AvgIpc) is 3.62. The molecule has 8 heteroatoms. The number of pyridine rings is 3. The summed E-state index contributed by atoms with van der Waals surface area (Å²) in [6.45, 7) is 1.51. The quantitative estimate of drug-likeness (QED) is 0.247. The third-order valence-electron chi connectivity index (χ3n) is 6.68. The van der Waals surface area contributed by atoms with Crippen LogP contribution >= 0.6 is 0 Å². The van der Waals surface area contributed by atoms with E-state index in [9.17, 15) is 0 Å². The summed E-state index contributed by atoms with van der Waals surface area (Å²) >= 11 is 0. The van der Waals surface area contributed by atoms with Gasteiger partial charge in [0.2, 0.25) is 0 Å². The Morgan fingerprint density at radius 3 is 2.49 bits per heavy atom. The summed E-state index contributed by atoms with van der Waals surface area (Å²) in [5.74, 6) is 0.654. The maximum Gasteiger partial charge on any atom is 0.161 e. The lowest BCUT2D eigenvalue weighted by Crippen LogP contribution is -2.12. The summed E-state index contributed by atoms with van der Waals surface area (Å²) in [4.78, 5) is 22.3. The van der Waals surface area contributed by atoms with Crippen molar-refractivity contribution in [3.63, 3.8) is 0 Å². The molecule has 2 aromatic carbocycles. The Hall–Kier alpha value is -5.21. The van der Waals surface area contributed by atoms with Crippen molar-refractivity contribution < 1.29 is 0 Å². The number of fused-ring (bicyclic) bond motifs is 2. The standard InChI is InChI=1S/C31H24N8/c1-2-7-20(8-3-1)16-32-17-21-15-22(19-33-18-21)24-12-13-27-29(35-24)30(39-38-27)31-36-26-11-6-9-23(28(26)37-31)25-10-4-5-14-34-25/h1-15,18-19,32H,16-17H2,(H,36,37)(H,38,39). The Kier molecular flexibility index (Phi) is 5.84. The van der Waals surface area contributed by atoms with Crippen LogP contribution in [0.3, 0.4) is 0 Å². The maximum atomic E-state index is 4.98. The zero-order valence-corrected chi connectivity index (χ0v) is 21.0. The number of rotatable bonds is 7. The van der Waals surface area contributed by atoms with E-state index in [1.807, 2.05) is 67.0 Å². The molecule has 8 nitrogen and oxygen atoms in total. The molecule has 5 heterocycles. The van der Waals surface area contributed by atoms with Crippen molar-refractivity contribution in [2.24, 2.45) is 0 Å². The molecular formula is C31H24N8. The highest BCUT2D eigenvalue weighted by molar-refractivity contribution is 5.95. The van der Waals surface area contributed by atoms with Crippen LogP contribution in [-0.2, 0) is 13.1 Å². The van der Waals surface area contributed by atoms with E-state index in [0.29, 0.717) is 18.1 Å². The molecule has 7 rings (SSSR count). The molecule has 0 spiro atoms. The minimum atomic E-state index is 0.654. The number of benzene rings is 2. The van der Waals surface area contributed by atoms with Crippen LogP contribution in [0.25, 0.3) is 56.1 Å². The third kappa shape index (κ3) is 4.54.